The first-order valence-corrected chi connectivity index (χ1v) is 5.93. The van der Waals surface area contributed by atoms with E-state index < -0.39 is 11.9 Å². The largest absolute Gasteiger partial charge is 0.481 e. The molecule has 0 amide bonds. The summed E-state index contributed by atoms with van der Waals surface area (Å²) in [5.74, 6) is -0.816. The molecule has 6 heteroatoms. The number of anilines is 1. The molecule has 0 aliphatic heterocycles. The van der Waals surface area contributed by atoms with Gasteiger partial charge >= 0.3 is 11.9 Å². The third-order valence-corrected chi connectivity index (χ3v) is 2.15. The normalized spacial score (nSPS) is 9.79. The fraction of sp³-hybridized carbons (Fsp3) is 0.385. The van der Waals surface area contributed by atoms with Crippen LogP contribution in [0.15, 0.2) is 18.2 Å². The number of ether oxygens (including phenoxy) is 3. The fourth-order valence-electron chi connectivity index (χ4n) is 1.38. The van der Waals surface area contributed by atoms with Crippen LogP contribution in [0.2, 0.25) is 0 Å². The predicted molar refractivity (Wildman–Crippen MR) is 68.9 cm³/mol. The lowest BCUT2D eigenvalue weighted by atomic mass is 10.2. The summed E-state index contributed by atoms with van der Waals surface area (Å²) in [6.45, 7) is 3.64. The molecule has 0 fully saturated rings. The molecule has 2 N–H and O–H groups in total. The van der Waals surface area contributed by atoms with E-state index in [2.05, 4.69) is 0 Å². The van der Waals surface area contributed by atoms with Gasteiger partial charge in [0.05, 0.1) is 13.2 Å². The number of rotatable bonds is 6. The molecule has 0 radical (unpaired) electrons. The molecule has 0 saturated carbocycles. The Kier molecular flexibility index (Phi) is 5.66. The highest BCUT2D eigenvalue weighted by Gasteiger charge is 2.15. The van der Waals surface area contributed by atoms with Gasteiger partial charge in [0.25, 0.3) is 0 Å². The third-order valence-electron chi connectivity index (χ3n) is 2.15. The van der Waals surface area contributed by atoms with Crippen LogP contribution in [-0.4, -0.2) is 31.8 Å². The summed E-state index contributed by atoms with van der Waals surface area (Å²) in [5, 5.41) is 0. The minimum atomic E-state index is -0.548. The predicted octanol–water partition coefficient (Wildman–Crippen LogP) is 1.39. The molecule has 0 spiro atoms. The van der Waals surface area contributed by atoms with Gasteiger partial charge in [0.2, 0.25) is 0 Å². The van der Waals surface area contributed by atoms with E-state index in [9.17, 15) is 9.59 Å². The van der Waals surface area contributed by atoms with Crippen LogP contribution in [0.25, 0.3) is 0 Å². The number of hydrogen-bond donors (Lipinski definition) is 1. The Morgan fingerprint density at radius 1 is 1.16 bits per heavy atom. The Labute approximate surface area is 111 Å². The topological polar surface area (TPSA) is 87.9 Å². The molecular formula is C13H17NO5. The van der Waals surface area contributed by atoms with E-state index in [0.717, 1.165) is 0 Å². The van der Waals surface area contributed by atoms with Crippen molar-refractivity contribution >= 4 is 17.6 Å². The van der Waals surface area contributed by atoms with Gasteiger partial charge in [-0.15, -0.1) is 0 Å². The third kappa shape index (κ3) is 4.50. The lowest BCUT2D eigenvalue weighted by Crippen LogP contribution is -2.16. The number of nitrogens with two attached hydrogens (primary N) is 1. The van der Waals surface area contributed by atoms with Crippen LogP contribution in [-0.2, 0) is 14.3 Å². The van der Waals surface area contributed by atoms with Crippen molar-refractivity contribution in [3.8, 4) is 5.75 Å². The second kappa shape index (κ2) is 7.25. The Morgan fingerprint density at radius 2 is 1.84 bits per heavy atom. The molecular weight excluding hydrogens is 250 g/mol. The maximum absolute atomic E-state index is 11.7. The zero-order valence-corrected chi connectivity index (χ0v) is 11.0. The van der Waals surface area contributed by atoms with Crippen molar-refractivity contribution in [3.05, 3.63) is 23.8 Å². The molecule has 6 nitrogen and oxygen atoms in total. The van der Waals surface area contributed by atoms with Gasteiger partial charge in [-0.3, -0.25) is 0 Å². The minimum absolute atomic E-state index is 0.186. The van der Waals surface area contributed by atoms with Crippen molar-refractivity contribution in [2.45, 2.75) is 13.8 Å². The minimum Gasteiger partial charge on any atom is -0.481 e. The first kappa shape index (κ1) is 14.8. The summed E-state index contributed by atoms with van der Waals surface area (Å²) in [4.78, 5) is 22.9. The molecule has 0 aliphatic carbocycles. The number of nitrogen functional groups attached to an aromatic ring is 1. The van der Waals surface area contributed by atoms with Gasteiger partial charge in [-0.1, -0.05) is 0 Å². The van der Waals surface area contributed by atoms with Crippen molar-refractivity contribution in [1.82, 2.24) is 0 Å². The van der Waals surface area contributed by atoms with E-state index >= 15 is 0 Å². The average Bonchev–Trinajstić information content (AvgIpc) is 2.38. The molecule has 0 atom stereocenters. The van der Waals surface area contributed by atoms with Crippen LogP contribution in [0, 0.1) is 0 Å². The Hall–Kier alpha value is -2.24. The molecule has 0 aromatic heterocycles. The maximum Gasteiger partial charge on any atom is 0.344 e. The molecule has 0 aliphatic rings. The van der Waals surface area contributed by atoms with Gasteiger partial charge in [-0.05, 0) is 32.0 Å². The van der Waals surface area contributed by atoms with Crippen LogP contribution in [0.4, 0.5) is 5.69 Å². The summed E-state index contributed by atoms with van der Waals surface area (Å²) in [6.07, 6.45) is 0. The van der Waals surface area contributed by atoms with E-state index in [-0.39, 0.29) is 31.1 Å². The Balaban J connectivity index is 2.82. The molecule has 19 heavy (non-hydrogen) atoms. The quantitative estimate of drug-likeness (QED) is 0.619. The SMILES string of the molecule is CCOC(=O)COc1ccc(N)cc1C(=O)OCC. The second-order valence-electron chi connectivity index (χ2n) is 3.57. The highest BCUT2D eigenvalue weighted by atomic mass is 16.6. The van der Waals surface area contributed by atoms with E-state index in [1.165, 1.54) is 12.1 Å². The number of carbonyl (C=O) groups excluding carboxylic acids is 2. The van der Waals surface area contributed by atoms with Crippen LogP contribution in [0.1, 0.15) is 24.2 Å². The molecule has 0 unspecified atom stereocenters. The number of hydrogen-bond acceptors (Lipinski definition) is 6. The standard InChI is InChI=1S/C13H17NO5/c1-3-17-12(15)8-19-11-6-5-9(14)7-10(11)13(16)18-4-2/h5-7H,3-4,8,14H2,1-2H3. The van der Waals surface area contributed by atoms with Crippen molar-refractivity contribution in [1.29, 1.82) is 0 Å². The highest BCUT2D eigenvalue weighted by molar-refractivity contribution is 5.93. The fourth-order valence-corrected chi connectivity index (χ4v) is 1.38. The Bertz CT molecular complexity index is 458. The molecule has 1 aromatic rings. The zero-order valence-electron chi connectivity index (χ0n) is 11.0. The summed E-state index contributed by atoms with van der Waals surface area (Å²) in [5.41, 5.74) is 6.21. The zero-order chi connectivity index (χ0) is 14.3. The first-order valence-electron chi connectivity index (χ1n) is 5.93. The van der Waals surface area contributed by atoms with Gasteiger partial charge in [0.15, 0.2) is 6.61 Å². The number of esters is 2. The Morgan fingerprint density at radius 3 is 2.47 bits per heavy atom. The van der Waals surface area contributed by atoms with Gasteiger partial charge in [-0.2, -0.15) is 0 Å². The van der Waals surface area contributed by atoms with Crippen molar-refractivity contribution in [2.75, 3.05) is 25.6 Å². The summed E-state index contributed by atoms with van der Waals surface area (Å²) >= 11 is 0. The van der Waals surface area contributed by atoms with E-state index in [1.54, 1.807) is 19.9 Å². The van der Waals surface area contributed by atoms with Crippen LogP contribution < -0.4 is 10.5 Å². The second-order valence-corrected chi connectivity index (χ2v) is 3.57. The maximum atomic E-state index is 11.7. The lowest BCUT2D eigenvalue weighted by molar-refractivity contribution is -0.145. The molecule has 1 aromatic carbocycles. The summed E-state index contributed by atoms with van der Waals surface area (Å²) in [6, 6.07) is 4.53. The molecule has 0 bridgehead atoms. The van der Waals surface area contributed by atoms with Gasteiger partial charge < -0.3 is 19.9 Å². The molecule has 0 heterocycles. The number of benzene rings is 1. The van der Waals surface area contributed by atoms with Crippen molar-refractivity contribution in [3.63, 3.8) is 0 Å². The van der Waals surface area contributed by atoms with Crippen LogP contribution in [0.3, 0.4) is 0 Å². The van der Waals surface area contributed by atoms with Crippen molar-refractivity contribution in [2.24, 2.45) is 0 Å². The average molecular weight is 267 g/mol. The van der Waals surface area contributed by atoms with E-state index in [0.29, 0.717) is 5.69 Å². The van der Waals surface area contributed by atoms with E-state index in [4.69, 9.17) is 19.9 Å². The molecule has 0 saturated heterocycles. The smallest absolute Gasteiger partial charge is 0.344 e. The summed E-state index contributed by atoms with van der Waals surface area (Å²) in [7, 11) is 0. The van der Waals surface area contributed by atoms with Crippen LogP contribution in [0.5, 0.6) is 5.75 Å². The lowest BCUT2D eigenvalue weighted by Gasteiger charge is -2.11. The van der Waals surface area contributed by atoms with Crippen molar-refractivity contribution < 1.29 is 23.8 Å². The van der Waals surface area contributed by atoms with Gasteiger partial charge in [-0.25, -0.2) is 9.59 Å². The van der Waals surface area contributed by atoms with Crippen LogP contribution >= 0.6 is 0 Å². The summed E-state index contributed by atoms with van der Waals surface area (Å²) < 4.78 is 14.9. The molecule has 1 rings (SSSR count). The molecule has 104 valence electrons. The van der Waals surface area contributed by atoms with E-state index in [1.807, 2.05) is 0 Å². The first-order chi connectivity index (χ1) is 9.08. The number of carbonyl (C=O) groups is 2. The highest BCUT2D eigenvalue weighted by Crippen LogP contribution is 2.22. The van der Waals surface area contributed by atoms with Gasteiger partial charge in [0, 0.05) is 5.69 Å². The monoisotopic (exact) mass is 267 g/mol. The van der Waals surface area contributed by atoms with Gasteiger partial charge in [0.1, 0.15) is 11.3 Å².